The van der Waals surface area contributed by atoms with E-state index in [9.17, 15) is 9.18 Å². The van der Waals surface area contributed by atoms with Crippen molar-refractivity contribution in [2.45, 2.75) is 12.5 Å². The molecule has 0 aromatic heterocycles. The molecule has 1 atom stereocenters. The van der Waals surface area contributed by atoms with E-state index in [-0.39, 0.29) is 36.6 Å². The maximum absolute atomic E-state index is 13.6. The third-order valence-electron chi connectivity index (χ3n) is 4.63. The quantitative estimate of drug-likeness (QED) is 0.847. The van der Waals surface area contributed by atoms with E-state index in [4.69, 9.17) is 9.47 Å². The number of amides is 1. The zero-order valence-electron chi connectivity index (χ0n) is 15.4. The lowest BCUT2D eigenvalue weighted by molar-refractivity contribution is -0.133. The van der Waals surface area contributed by atoms with Crippen LogP contribution in [0.1, 0.15) is 17.2 Å². The number of ether oxygens (including phenoxy) is 2. The molecule has 1 N–H and O–H groups in total. The summed E-state index contributed by atoms with van der Waals surface area (Å²) in [7, 11) is 3.17. The maximum Gasteiger partial charge on any atom is 0.227 e. The van der Waals surface area contributed by atoms with E-state index in [0.717, 1.165) is 11.1 Å². The molecule has 146 valence electrons. The fourth-order valence-corrected chi connectivity index (χ4v) is 3.30. The second-order valence-corrected chi connectivity index (χ2v) is 6.22. The standard InChI is InChI=1S/C20H23FN2O3.ClH/c1-25-17-6-7-19(26-2)15(11-17)12-20(24)23-9-8-22-13-18(23)14-4-3-5-16(21)10-14;/h3-7,10-11,18,22H,8-9,12-13H2,1-2H3;1H. The molecule has 2 aromatic carbocycles. The average molecular weight is 395 g/mol. The monoisotopic (exact) mass is 394 g/mol. The van der Waals surface area contributed by atoms with E-state index in [2.05, 4.69) is 5.32 Å². The molecule has 1 unspecified atom stereocenters. The van der Waals surface area contributed by atoms with Crippen molar-refractivity contribution in [1.82, 2.24) is 10.2 Å². The Balaban J connectivity index is 0.00000261. The van der Waals surface area contributed by atoms with Crippen molar-refractivity contribution < 1.29 is 18.7 Å². The highest BCUT2D eigenvalue weighted by atomic mass is 35.5. The first-order chi connectivity index (χ1) is 12.6. The van der Waals surface area contributed by atoms with Gasteiger partial charge in [-0.3, -0.25) is 4.79 Å². The van der Waals surface area contributed by atoms with E-state index in [1.165, 1.54) is 12.1 Å². The molecular weight excluding hydrogens is 371 g/mol. The highest BCUT2D eigenvalue weighted by Crippen LogP contribution is 2.28. The van der Waals surface area contributed by atoms with Crippen molar-refractivity contribution in [3.8, 4) is 11.5 Å². The Bertz CT molecular complexity index is 788. The van der Waals surface area contributed by atoms with Crippen LogP contribution in [0.4, 0.5) is 4.39 Å². The lowest BCUT2D eigenvalue weighted by atomic mass is 10.0. The molecule has 1 heterocycles. The van der Waals surface area contributed by atoms with E-state index >= 15 is 0 Å². The number of methoxy groups -OCH3 is 2. The third kappa shape index (κ3) is 4.90. The van der Waals surface area contributed by atoms with Gasteiger partial charge in [0.1, 0.15) is 17.3 Å². The van der Waals surface area contributed by atoms with Crippen LogP contribution in [0, 0.1) is 5.82 Å². The number of nitrogens with one attached hydrogen (secondary N) is 1. The molecular formula is C20H24ClFN2O3. The van der Waals surface area contributed by atoms with Crippen molar-refractivity contribution in [2.24, 2.45) is 0 Å². The molecule has 27 heavy (non-hydrogen) atoms. The fraction of sp³-hybridized carbons (Fsp3) is 0.350. The number of nitrogens with zero attached hydrogens (tertiary/aromatic N) is 1. The number of carbonyl (C=O) groups is 1. The van der Waals surface area contributed by atoms with Gasteiger partial charge in [0.25, 0.3) is 0 Å². The summed E-state index contributed by atoms with van der Waals surface area (Å²) >= 11 is 0. The van der Waals surface area contributed by atoms with Crippen LogP contribution in [0.2, 0.25) is 0 Å². The molecule has 2 aromatic rings. The average Bonchev–Trinajstić information content (AvgIpc) is 2.68. The highest BCUT2D eigenvalue weighted by Gasteiger charge is 2.28. The summed E-state index contributed by atoms with van der Waals surface area (Å²) in [6.07, 6.45) is 0.201. The minimum Gasteiger partial charge on any atom is -0.497 e. The maximum atomic E-state index is 13.6. The number of hydrogen-bond donors (Lipinski definition) is 1. The molecule has 0 aliphatic carbocycles. The van der Waals surface area contributed by atoms with Crippen molar-refractivity contribution in [3.63, 3.8) is 0 Å². The van der Waals surface area contributed by atoms with Crippen molar-refractivity contribution >= 4 is 18.3 Å². The summed E-state index contributed by atoms with van der Waals surface area (Å²) in [5.41, 5.74) is 1.57. The molecule has 0 spiro atoms. The number of hydrogen-bond acceptors (Lipinski definition) is 4. The van der Waals surface area contributed by atoms with Crippen LogP contribution in [-0.2, 0) is 11.2 Å². The molecule has 5 nitrogen and oxygen atoms in total. The summed E-state index contributed by atoms with van der Waals surface area (Å²) in [6, 6.07) is 11.6. The Morgan fingerprint density at radius 2 is 2.04 bits per heavy atom. The Kier molecular flexibility index (Phi) is 7.45. The van der Waals surface area contributed by atoms with Gasteiger partial charge in [0.15, 0.2) is 0 Å². The van der Waals surface area contributed by atoms with Crippen LogP contribution in [0.5, 0.6) is 11.5 Å². The van der Waals surface area contributed by atoms with Crippen LogP contribution >= 0.6 is 12.4 Å². The van der Waals surface area contributed by atoms with Crippen molar-refractivity contribution in [3.05, 3.63) is 59.4 Å². The Hall–Kier alpha value is -2.31. The number of benzene rings is 2. The highest BCUT2D eigenvalue weighted by molar-refractivity contribution is 5.85. The number of rotatable bonds is 5. The lowest BCUT2D eigenvalue weighted by Crippen LogP contribution is -2.49. The molecule has 1 aliphatic rings. The zero-order valence-corrected chi connectivity index (χ0v) is 16.2. The minimum atomic E-state index is -0.296. The topological polar surface area (TPSA) is 50.8 Å². The van der Waals surface area contributed by atoms with Gasteiger partial charge in [-0.1, -0.05) is 12.1 Å². The number of carbonyl (C=O) groups excluding carboxylic acids is 1. The number of piperazine rings is 1. The van der Waals surface area contributed by atoms with Gasteiger partial charge < -0.3 is 19.7 Å². The van der Waals surface area contributed by atoms with Crippen LogP contribution in [-0.4, -0.2) is 44.7 Å². The van der Waals surface area contributed by atoms with E-state index < -0.39 is 0 Å². The van der Waals surface area contributed by atoms with E-state index in [0.29, 0.717) is 31.1 Å². The molecule has 7 heteroatoms. The third-order valence-corrected chi connectivity index (χ3v) is 4.63. The largest absolute Gasteiger partial charge is 0.497 e. The lowest BCUT2D eigenvalue weighted by Gasteiger charge is -2.36. The molecule has 1 amide bonds. The predicted octanol–water partition coefficient (Wildman–Crippen LogP) is 2.98. The second-order valence-electron chi connectivity index (χ2n) is 6.22. The summed E-state index contributed by atoms with van der Waals surface area (Å²) in [5, 5.41) is 3.28. The van der Waals surface area contributed by atoms with Crippen LogP contribution in [0.25, 0.3) is 0 Å². The van der Waals surface area contributed by atoms with Crippen LogP contribution in [0.15, 0.2) is 42.5 Å². The van der Waals surface area contributed by atoms with Gasteiger partial charge in [-0.2, -0.15) is 0 Å². The SMILES string of the molecule is COc1ccc(OC)c(CC(=O)N2CCNCC2c2cccc(F)c2)c1.Cl. The van der Waals surface area contributed by atoms with Crippen molar-refractivity contribution in [1.29, 1.82) is 0 Å². The van der Waals surface area contributed by atoms with Gasteiger partial charge in [0.2, 0.25) is 5.91 Å². The molecule has 1 fully saturated rings. The predicted molar refractivity (Wildman–Crippen MR) is 104 cm³/mol. The van der Waals surface area contributed by atoms with Crippen LogP contribution < -0.4 is 14.8 Å². The first-order valence-electron chi connectivity index (χ1n) is 8.59. The first kappa shape index (κ1) is 21.0. The van der Waals surface area contributed by atoms with E-state index in [1.807, 2.05) is 17.0 Å². The summed E-state index contributed by atoms with van der Waals surface area (Å²) < 4.78 is 24.2. The zero-order chi connectivity index (χ0) is 18.5. The van der Waals surface area contributed by atoms with Gasteiger partial charge in [-0.05, 0) is 35.9 Å². The second kappa shape index (κ2) is 9.58. The Labute approximate surface area is 164 Å². The normalized spacial score (nSPS) is 16.4. The molecule has 1 saturated heterocycles. The molecule has 0 radical (unpaired) electrons. The van der Waals surface area contributed by atoms with Gasteiger partial charge in [-0.15, -0.1) is 12.4 Å². The minimum absolute atomic E-state index is 0. The summed E-state index contributed by atoms with van der Waals surface area (Å²) in [4.78, 5) is 14.8. The Morgan fingerprint density at radius 3 is 2.74 bits per heavy atom. The number of halogens is 2. The first-order valence-corrected chi connectivity index (χ1v) is 8.59. The van der Waals surface area contributed by atoms with Crippen LogP contribution in [0.3, 0.4) is 0 Å². The van der Waals surface area contributed by atoms with Gasteiger partial charge in [0.05, 0.1) is 26.7 Å². The van der Waals surface area contributed by atoms with Gasteiger partial charge in [0, 0.05) is 25.2 Å². The summed E-state index contributed by atoms with van der Waals surface area (Å²) in [6.45, 7) is 1.89. The molecule has 0 saturated carbocycles. The van der Waals surface area contributed by atoms with Crippen molar-refractivity contribution in [2.75, 3.05) is 33.9 Å². The summed E-state index contributed by atoms with van der Waals surface area (Å²) in [5.74, 6) is 1.01. The fourth-order valence-electron chi connectivity index (χ4n) is 3.30. The molecule has 1 aliphatic heterocycles. The molecule has 3 rings (SSSR count). The smallest absolute Gasteiger partial charge is 0.227 e. The van der Waals surface area contributed by atoms with E-state index in [1.54, 1.807) is 32.4 Å². The van der Waals surface area contributed by atoms with Gasteiger partial charge in [-0.25, -0.2) is 4.39 Å². The van der Waals surface area contributed by atoms with Gasteiger partial charge >= 0.3 is 0 Å². The Morgan fingerprint density at radius 1 is 1.22 bits per heavy atom. The molecule has 0 bridgehead atoms.